The quantitative estimate of drug-likeness (QED) is 0.710. The van der Waals surface area contributed by atoms with Crippen LogP contribution in [0.15, 0.2) is 66.7 Å². The molecule has 1 aromatic heterocycles. The lowest BCUT2D eigenvalue weighted by Crippen LogP contribution is -1.98. The summed E-state index contributed by atoms with van der Waals surface area (Å²) in [5.41, 5.74) is 3.15. The van der Waals surface area contributed by atoms with E-state index in [2.05, 4.69) is 17.2 Å². The number of ether oxygens (including phenoxy) is 1. The second kappa shape index (κ2) is 4.98. The maximum atomic E-state index is 5.25. The first-order chi connectivity index (χ1) is 9.38. The van der Waals surface area contributed by atoms with Gasteiger partial charge in [0.2, 0.25) is 5.88 Å². The number of hydrogen-bond donors (Lipinski definition) is 0. The van der Waals surface area contributed by atoms with Crippen molar-refractivity contribution in [3.63, 3.8) is 0 Å². The van der Waals surface area contributed by atoms with Crippen LogP contribution in [0, 0.1) is 0 Å². The molecule has 0 unspecified atom stereocenters. The van der Waals surface area contributed by atoms with Crippen LogP contribution in [0.4, 0.5) is 0 Å². The third kappa shape index (κ3) is 2.22. The molecule has 0 spiro atoms. The van der Waals surface area contributed by atoms with Gasteiger partial charge in [-0.2, -0.15) is 0 Å². The van der Waals surface area contributed by atoms with Crippen LogP contribution >= 0.6 is 0 Å². The van der Waals surface area contributed by atoms with E-state index in [4.69, 9.17) is 4.74 Å². The summed E-state index contributed by atoms with van der Waals surface area (Å²) >= 11 is 0. The minimum absolute atomic E-state index is 0.614. The van der Waals surface area contributed by atoms with Gasteiger partial charge in [-0.05, 0) is 12.1 Å². The zero-order valence-electron chi connectivity index (χ0n) is 10.7. The molecule has 0 aliphatic rings. The molecule has 0 aliphatic heterocycles. The zero-order valence-corrected chi connectivity index (χ0v) is 10.7. The minimum Gasteiger partial charge on any atom is -0.480 e. The lowest BCUT2D eigenvalue weighted by atomic mass is 10.1. The molecule has 3 nitrogen and oxygen atoms in total. The number of benzene rings is 2. The molecule has 0 bridgehead atoms. The van der Waals surface area contributed by atoms with Crippen LogP contribution in [0.25, 0.3) is 16.9 Å². The Kier molecular flexibility index (Phi) is 3.02. The molecular weight excluding hydrogens is 236 g/mol. The summed E-state index contributed by atoms with van der Waals surface area (Å²) in [4.78, 5) is 0. The van der Waals surface area contributed by atoms with Gasteiger partial charge in [0, 0.05) is 11.6 Å². The van der Waals surface area contributed by atoms with E-state index in [1.54, 1.807) is 7.11 Å². The van der Waals surface area contributed by atoms with Gasteiger partial charge in [0.05, 0.1) is 18.5 Å². The molecule has 94 valence electrons. The summed E-state index contributed by atoms with van der Waals surface area (Å²) in [6, 6.07) is 22.2. The molecule has 0 saturated heterocycles. The summed E-state index contributed by atoms with van der Waals surface area (Å²) in [6.45, 7) is 0. The molecule has 0 fully saturated rings. The first-order valence-corrected chi connectivity index (χ1v) is 6.13. The van der Waals surface area contributed by atoms with Crippen LogP contribution in [0.2, 0.25) is 0 Å². The molecule has 19 heavy (non-hydrogen) atoms. The number of hydrogen-bond acceptors (Lipinski definition) is 2. The van der Waals surface area contributed by atoms with Gasteiger partial charge in [-0.1, -0.05) is 48.5 Å². The average molecular weight is 250 g/mol. The highest BCUT2D eigenvalue weighted by atomic mass is 16.5. The van der Waals surface area contributed by atoms with Crippen LogP contribution in [0.1, 0.15) is 0 Å². The predicted octanol–water partition coefficient (Wildman–Crippen LogP) is 3.55. The maximum Gasteiger partial charge on any atom is 0.233 e. The Morgan fingerprint density at radius 3 is 2.16 bits per heavy atom. The number of para-hydroxylation sites is 1. The maximum absolute atomic E-state index is 5.25. The van der Waals surface area contributed by atoms with E-state index < -0.39 is 0 Å². The van der Waals surface area contributed by atoms with E-state index >= 15 is 0 Å². The second-order valence-corrected chi connectivity index (χ2v) is 4.19. The fraction of sp³-hybridized carbons (Fsp3) is 0.0625. The van der Waals surface area contributed by atoms with Crippen molar-refractivity contribution in [1.29, 1.82) is 0 Å². The van der Waals surface area contributed by atoms with E-state index in [0.717, 1.165) is 16.9 Å². The van der Waals surface area contributed by atoms with Crippen molar-refractivity contribution in [3.05, 3.63) is 66.7 Å². The monoisotopic (exact) mass is 250 g/mol. The van der Waals surface area contributed by atoms with Gasteiger partial charge < -0.3 is 4.74 Å². The van der Waals surface area contributed by atoms with Crippen molar-refractivity contribution >= 4 is 0 Å². The Balaban J connectivity index is 2.17. The van der Waals surface area contributed by atoms with E-state index in [9.17, 15) is 0 Å². The predicted molar refractivity (Wildman–Crippen MR) is 75.6 cm³/mol. The van der Waals surface area contributed by atoms with Crippen LogP contribution in [-0.4, -0.2) is 16.9 Å². The Morgan fingerprint density at radius 1 is 0.895 bits per heavy atom. The van der Waals surface area contributed by atoms with Crippen molar-refractivity contribution in [1.82, 2.24) is 9.78 Å². The third-order valence-electron chi connectivity index (χ3n) is 2.97. The SMILES string of the molecule is COc1cc(-c2ccccc2)n(-c2ccccc2)n1. The number of methoxy groups -OCH3 is 1. The third-order valence-corrected chi connectivity index (χ3v) is 2.97. The Morgan fingerprint density at radius 2 is 1.53 bits per heavy atom. The summed E-state index contributed by atoms with van der Waals surface area (Å²) in [6.07, 6.45) is 0. The summed E-state index contributed by atoms with van der Waals surface area (Å²) in [7, 11) is 1.63. The smallest absolute Gasteiger partial charge is 0.233 e. The summed E-state index contributed by atoms with van der Waals surface area (Å²) in [5, 5.41) is 4.47. The summed E-state index contributed by atoms with van der Waals surface area (Å²) < 4.78 is 7.14. The molecular formula is C16H14N2O. The number of rotatable bonds is 3. The molecule has 0 radical (unpaired) electrons. The lowest BCUT2D eigenvalue weighted by Gasteiger charge is -2.06. The van der Waals surface area contributed by atoms with Crippen LogP contribution in [0.3, 0.4) is 0 Å². The highest BCUT2D eigenvalue weighted by Crippen LogP contribution is 2.26. The minimum atomic E-state index is 0.614. The standard InChI is InChI=1S/C16H14N2O/c1-19-16-12-15(13-8-4-2-5-9-13)18(17-16)14-10-6-3-7-11-14/h2-12H,1H3. The van der Waals surface area contributed by atoms with Gasteiger partial charge >= 0.3 is 0 Å². The van der Waals surface area contributed by atoms with Gasteiger partial charge in [-0.3, -0.25) is 0 Å². The molecule has 0 atom stereocenters. The van der Waals surface area contributed by atoms with E-state index in [-0.39, 0.29) is 0 Å². The van der Waals surface area contributed by atoms with E-state index in [0.29, 0.717) is 5.88 Å². The zero-order chi connectivity index (χ0) is 13.1. The van der Waals surface area contributed by atoms with Crippen molar-refractivity contribution < 1.29 is 4.74 Å². The van der Waals surface area contributed by atoms with Gasteiger partial charge in [0.15, 0.2) is 0 Å². The van der Waals surface area contributed by atoms with E-state index in [1.807, 2.05) is 59.3 Å². The van der Waals surface area contributed by atoms with Crippen LogP contribution < -0.4 is 4.74 Å². The Labute approximate surface area is 112 Å². The van der Waals surface area contributed by atoms with Crippen molar-refractivity contribution in [2.24, 2.45) is 0 Å². The van der Waals surface area contributed by atoms with Crippen molar-refractivity contribution in [2.45, 2.75) is 0 Å². The molecule has 0 aliphatic carbocycles. The first kappa shape index (κ1) is 11.5. The Bertz CT molecular complexity index is 603. The van der Waals surface area contributed by atoms with Crippen molar-refractivity contribution in [3.8, 4) is 22.8 Å². The van der Waals surface area contributed by atoms with Gasteiger partial charge in [-0.15, -0.1) is 5.10 Å². The topological polar surface area (TPSA) is 27.1 Å². The highest BCUT2D eigenvalue weighted by Gasteiger charge is 2.11. The lowest BCUT2D eigenvalue weighted by molar-refractivity contribution is 0.394. The molecule has 3 rings (SSSR count). The van der Waals surface area contributed by atoms with Gasteiger partial charge in [-0.25, -0.2) is 4.68 Å². The number of nitrogens with zero attached hydrogens (tertiary/aromatic N) is 2. The first-order valence-electron chi connectivity index (χ1n) is 6.13. The summed E-state index contributed by atoms with van der Waals surface area (Å²) in [5.74, 6) is 0.614. The fourth-order valence-electron chi connectivity index (χ4n) is 2.04. The largest absolute Gasteiger partial charge is 0.480 e. The molecule has 0 N–H and O–H groups in total. The number of aromatic nitrogens is 2. The fourth-order valence-corrected chi connectivity index (χ4v) is 2.04. The highest BCUT2D eigenvalue weighted by molar-refractivity contribution is 5.63. The van der Waals surface area contributed by atoms with Crippen molar-refractivity contribution in [2.75, 3.05) is 7.11 Å². The molecule has 1 heterocycles. The van der Waals surface area contributed by atoms with Crippen LogP contribution in [-0.2, 0) is 0 Å². The average Bonchev–Trinajstić information content (AvgIpc) is 2.93. The van der Waals surface area contributed by atoms with E-state index in [1.165, 1.54) is 0 Å². The van der Waals surface area contributed by atoms with Gasteiger partial charge in [0.25, 0.3) is 0 Å². The van der Waals surface area contributed by atoms with Crippen LogP contribution in [0.5, 0.6) is 5.88 Å². The van der Waals surface area contributed by atoms with Gasteiger partial charge in [0.1, 0.15) is 0 Å². The molecule has 3 heteroatoms. The second-order valence-electron chi connectivity index (χ2n) is 4.19. The normalized spacial score (nSPS) is 10.4. The molecule has 2 aromatic carbocycles. The Hall–Kier alpha value is -2.55. The molecule has 0 amide bonds. The molecule has 0 saturated carbocycles. The molecule has 3 aromatic rings.